The highest BCUT2D eigenvalue weighted by molar-refractivity contribution is 5.88. The lowest BCUT2D eigenvalue weighted by Gasteiger charge is -2.41. The molecule has 0 spiro atoms. The molecule has 0 aromatic carbocycles. The summed E-state index contributed by atoms with van der Waals surface area (Å²) >= 11 is 0. The van der Waals surface area contributed by atoms with Gasteiger partial charge in [0.05, 0.1) is 0 Å². The maximum Gasteiger partial charge on any atom is 0.245 e. The molecule has 7 nitrogen and oxygen atoms in total. The van der Waals surface area contributed by atoms with Gasteiger partial charge in [0.2, 0.25) is 17.7 Å². The molecule has 0 bridgehead atoms. The van der Waals surface area contributed by atoms with Crippen molar-refractivity contribution in [2.75, 3.05) is 26.2 Å². The number of rotatable bonds is 12. The van der Waals surface area contributed by atoms with E-state index >= 15 is 0 Å². The van der Waals surface area contributed by atoms with Gasteiger partial charge in [0.15, 0.2) is 0 Å². The van der Waals surface area contributed by atoms with Gasteiger partial charge in [-0.05, 0) is 44.6 Å². The van der Waals surface area contributed by atoms with E-state index in [-0.39, 0.29) is 29.7 Å². The van der Waals surface area contributed by atoms with Crippen LogP contribution in [0.5, 0.6) is 0 Å². The number of nitrogens with one attached hydrogen (secondary N) is 1. The molecule has 2 rings (SSSR count). The SMILES string of the molecule is CCC(C)C(NC(=O)CCCCCN)C(=O)N1CCN(C(=O)CCC2CCCC2)C(C)C1. The Labute approximate surface area is 194 Å². The third-order valence-corrected chi connectivity index (χ3v) is 7.40. The Morgan fingerprint density at radius 2 is 1.78 bits per heavy atom. The summed E-state index contributed by atoms with van der Waals surface area (Å²) in [5.74, 6) is 0.930. The Morgan fingerprint density at radius 1 is 1.06 bits per heavy atom. The molecular formula is C25H46N4O3. The fourth-order valence-corrected chi connectivity index (χ4v) is 5.03. The molecule has 1 saturated heterocycles. The monoisotopic (exact) mass is 450 g/mol. The van der Waals surface area contributed by atoms with Crippen LogP contribution in [0.3, 0.4) is 0 Å². The first-order chi connectivity index (χ1) is 15.4. The second-order valence-electron chi connectivity index (χ2n) is 9.94. The highest BCUT2D eigenvalue weighted by Crippen LogP contribution is 2.29. The van der Waals surface area contributed by atoms with E-state index in [0.29, 0.717) is 44.9 Å². The van der Waals surface area contributed by atoms with Crippen molar-refractivity contribution in [3.8, 4) is 0 Å². The van der Waals surface area contributed by atoms with Crippen LogP contribution in [-0.2, 0) is 14.4 Å². The number of nitrogens with two attached hydrogens (primary N) is 1. The third-order valence-electron chi connectivity index (χ3n) is 7.40. The highest BCUT2D eigenvalue weighted by Gasteiger charge is 2.35. The minimum atomic E-state index is -0.501. The second-order valence-corrected chi connectivity index (χ2v) is 9.94. The molecule has 0 radical (unpaired) electrons. The number of piperazine rings is 1. The van der Waals surface area contributed by atoms with Crippen LogP contribution in [0.4, 0.5) is 0 Å². The minimum absolute atomic E-state index is 0.00771. The molecule has 1 aliphatic carbocycles. The first-order valence-corrected chi connectivity index (χ1v) is 12.9. The van der Waals surface area contributed by atoms with Crippen LogP contribution in [0, 0.1) is 11.8 Å². The molecule has 7 heteroatoms. The first kappa shape index (κ1) is 26.6. The fraction of sp³-hybridized carbons (Fsp3) is 0.880. The van der Waals surface area contributed by atoms with Crippen molar-refractivity contribution in [2.24, 2.45) is 17.6 Å². The number of hydrogen-bond donors (Lipinski definition) is 2. The lowest BCUT2D eigenvalue weighted by atomic mass is 9.96. The molecule has 3 N–H and O–H groups in total. The summed E-state index contributed by atoms with van der Waals surface area (Å²) < 4.78 is 0. The molecule has 1 saturated carbocycles. The average molecular weight is 451 g/mol. The lowest BCUT2D eigenvalue weighted by Crippen LogP contribution is -2.60. The topological polar surface area (TPSA) is 95.7 Å². The molecule has 0 aromatic heterocycles. The van der Waals surface area contributed by atoms with Crippen molar-refractivity contribution in [3.05, 3.63) is 0 Å². The van der Waals surface area contributed by atoms with Crippen LogP contribution >= 0.6 is 0 Å². The fourth-order valence-electron chi connectivity index (χ4n) is 5.03. The Balaban J connectivity index is 1.86. The Kier molecular flexibility index (Phi) is 11.5. The number of hydrogen-bond acceptors (Lipinski definition) is 4. The van der Waals surface area contributed by atoms with Crippen molar-refractivity contribution in [2.45, 2.75) is 103 Å². The predicted octanol–water partition coefficient (Wildman–Crippen LogP) is 3.07. The van der Waals surface area contributed by atoms with E-state index in [1.165, 1.54) is 25.7 Å². The van der Waals surface area contributed by atoms with Gasteiger partial charge in [-0.15, -0.1) is 0 Å². The van der Waals surface area contributed by atoms with Gasteiger partial charge in [-0.25, -0.2) is 0 Å². The normalized spacial score (nSPS) is 21.4. The summed E-state index contributed by atoms with van der Waals surface area (Å²) in [6, 6.07) is -0.493. The average Bonchev–Trinajstić information content (AvgIpc) is 3.31. The zero-order valence-corrected chi connectivity index (χ0v) is 20.6. The van der Waals surface area contributed by atoms with E-state index in [0.717, 1.165) is 32.1 Å². The van der Waals surface area contributed by atoms with Crippen molar-refractivity contribution in [1.29, 1.82) is 0 Å². The number of amides is 3. The molecular weight excluding hydrogens is 404 g/mol. The molecule has 3 amide bonds. The molecule has 1 heterocycles. The zero-order valence-electron chi connectivity index (χ0n) is 20.6. The zero-order chi connectivity index (χ0) is 23.5. The summed E-state index contributed by atoms with van der Waals surface area (Å²) in [4.78, 5) is 42.3. The van der Waals surface area contributed by atoms with Gasteiger partial charge in [0.1, 0.15) is 6.04 Å². The summed E-state index contributed by atoms with van der Waals surface area (Å²) in [7, 11) is 0. The molecule has 1 aliphatic heterocycles. The van der Waals surface area contributed by atoms with Gasteiger partial charge in [0, 0.05) is 38.5 Å². The summed E-state index contributed by atoms with van der Waals surface area (Å²) in [5.41, 5.74) is 5.52. The first-order valence-electron chi connectivity index (χ1n) is 12.9. The molecule has 3 atom stereocenters. The van der Waals surface area contributed by atoms with Crippen LogP contribution in [0.1, 0.15) is 91.4 Å². The highest BCUT2D eigenvalue weighted by atomic mass is 16.2. The van der Waals surface area contributed by atoms with E-state index < -0.39 is 6.04 Å². The van der Waals surface area contributed by atoms with Crippen molar-refractivity contribution < 1.29 is 14.4 Å². The van der Waals surface area contributed by atoms with Crippen molar-refractivity contribution in [1.82, 2.24) is 15.1 Å². The summed E-state index contributed by atoms with van der Waals surface area (Å²) in [6.07, 6.45) is 10.7. The molecule has 184 valence electrons. The van der Waals surface area contributed by atoms with E-state index in [1.807, 2.05) is 30.6 Å². The summed E-state index contributed by atoms with van der Waals surface area (Å²) in [6.45, 7) is 8.39. The number of unbranched alkanes of at least 4 members (excludes halogenated alkanes) is 2. The Hall–Kier alpha value is -1.63. The van der Waals surface area contributed by atoms with E-state index in [9.17, 15) is 14.4 Å². The molecule has 2 fully saturated rings. The van der Waals surface area contributed by atoms with E-state index in [2.05, 4.69) is 5.32 Å². The van der Waals surface area contributed by atoms with Gasteiger partial charge < -0.3 is 20.9 Å². The van der Waals surface area contributed by atoms with Gasteiger partial charge in [0.25, 0.3) is 0 Å². The predicted molar refractivity (Wildman–Crippen MR) is 128 cm³/mol. The maximum atomic E-state index is 13.3. The molecule has 3 unspecified atom stereocenters. The second kappa shape index (κ2) is 13.8. The van der Waals surface area contributed by atoms with Gasteiger partial charge in [-0.1, -0.05) is 52.4 Å². The smallest absolute Gasteiger partial charge is 0.245 e. The van der Waals surface area contributed by atoms with Crippen LogP contribution < -0.4 is 11.1 Å². The van der Waals surface area contributed by atoms with Crippen molar-refractivity contribution in [3.63, 3.8) is 0 Å². The Bertz CT molecular complexity index is 606. The lowest BCUT2D eigenvalue weighted by molar-refractivity contribution is -0.145. The minimum Gasteiger partial charge on any atom is -0.344 e. The van der Waals surface area contributed by atoms with Crippen LogP contribution in [-0.4, -0.2) is 65.8 Å². The number of carbonyl (C=O) groups is 3. The largest absolute Gasteiger partial charge is 0.344 e. The third kappa shape index (κ3) is 8.05. The van der Waals surface area contributed by atoms with Gasteiger partial charge >= 0.3 is 0 Å². The van der Waals surface area contributed by atoms with Crippen LogP contribution in [0.15, 0.2) is 0 Å². The van der Waals surface area contributed by atoms with E-state index in [4.69, 9.17) is 5.73 Å². The molecule has 2 aliphatic rings. The standard InChI is InChI=1S/C25H46N4O3/c1-4-19(2)24(27-22(30)12-6-5-9-15-26)25(32)28-16-17-29(20(3)18-28)23(31)14-13-21-10-7-8-11-21/h19-21,24H,4-18,26H2,1-3H3,(H,27,30). The van der Waals surface area contributed by atoms with E-state index in [1.54, 1.807) is 0 Å². The van der Waals surface area contributed by atoms with Gasteiger partial charge in [-0.3, -0.25) is 14.4 Å². The maximum absolute atomic E-state index is 13.3. The van der Waals surface area contributed by atoms with Crippen LogP contribution in [0.25, 0.3) is 0 Å². The van der Waals surface area contributed by atoms with Crippen LogP contribution in [0.2, 0.25) is 0 Å². The number of nitrogens with zero attached hydrogens (tertiary/aromatic N) is 2. The molecule has 0 aromatic rings. The Morgan fingerprint density at radius 3 is 2.41 bits per heavy atom. The van der Waals surface area contributed by atoms with Crippen molar-refractivity contribution >= 4 is 17.7 Å². The number of carbonyl (C=O) groups excluding carboxylic acids is 3. The summed E-state index contributed by atoms with van der Waals surface area (Å²) in [5, 5.41) is 3.00. The quantitative estimate of drug-likeness (QED) is 0.447. The molecule has 32 heavy (non-hydrogen) atoms. The van der Waals surface area contributed by atoms with Gasteiger partial charge in [-0.2, -0.15) is 0 Å².